The first-order valence-electron chi connectivity index (χ1n) is 7.55. The molecule has 1 rings (SSSR count). The van der Waals surface area contributed by atoms with E-state index in [0.29, 0.717) is 0 Å². The Kier molecular flexibility index (Phi) is 6.33. The molecule has 0 fully saturated rings. The van der Waals surface area contributed by atoms with Crippen molar-refractivity contribution < 1.29 is 9.53 Å². The summed E-state index contributed by atoms with van der Waals surface area (Å²) >= 11 is 0. The van der Waals surface area contributed by atoms with Crippen molar-refractivity contribution in [2.45, 2.75) is 72.6 Å². The van der Waals surface area contributed by atoms with E-state index < -0.39 is 0 Å². The summed E-state index contributed by atoms with van der Waals surface area (Å²) in [6.45, 7) is 8.29. The maximum atomic E-state index is 11.0. The molecule has 0 saturated heterocycles. The van der Waals surface area contributed by atoms with Gasteiger partial charge in [-0.15, -0.1) is 0 Å². The zero-order valence-electron chi connectivity index (χ0n) is 12.9. The predicted octanol–water partition coefficient (Wildman–Crippen LogP) is 5.15. The Hall–Kier alpha value is -1.05. The van der Waals surface area contributed by atoms with E-state index in [2.05, 4.69) is 32.9 Å². The van der Waals surface area contributed by atoms with E-state index in [-0.39, 0.29) is 11.4 Å². The highest BCUT2D eigenvalue weighted by atomic mass is 16.5. The molecule has 108 valence electrons. The number of unbranched alkanes of at least 4 members (excludes halogenated alkanes) is 3. The minimum atomic E-state index is -0.215. The maximum absolute atomic E-state index is 11.0. The van der Waals surface area contributed by atoms with Crippen molar-refractivity contribution in [2.24, 2.45) is 5.41 Å². The van der Waals surface area contributed by atoms with Crippen molar-refractivity contribution >= 4 is 5.97 Å². The van der Waals surface area contributed by atoms with Gasteiger partial charge in [0, 0.05) is 13.3 Å². The Bertz CT molecular complexity index is 361. The number of ether oxygens (including phenoxy) is 1. The molecule has 0 aromatic rings. The lowest BCUT2D eigenvalue weighted by atomic mass is 9.77. The Labute approximate surface area is 117 Å². The third-order valence-corrected chi connectivity index (χ3v) is 3.78. The smallest absolute Gasteiger partial charge is 0.307 e. The second-order valence-electron chi connectivity index (χ2n) is 6.10. The zero-order valence-corrected chi connectivity index (χ0v) is 12.9. The second-order valence-corrected chi connectivity index (χ2v) is 6.10. The molecular formula is C17H28O2. The van der Waals surface area contributed by atoms with Crippen LogP contribution in [-0.2, 0) is 9.53 Å². The molecule has 1 aliphatic rings. The Morgan fingerprint density at radius 2 is 2.05 bits per heavy atom. The van der Waals surface area contributed by atoms with Crippen LogP contribution >= 0.6 is 0 Å². The van der Waals surface area contributed by atoms with Gasteiger partial charge in [0.2, 0.25) is 0 Å². The summed E-state index contributed by atoms with van der Waals surface area (Å²) in [5.74, 6) is 0.611. The number of rotatable bonds is 7. The average molecular weight is 264 g/mol. The molecule has 0 spiro atoms. The lowest BCUT2D eigenvalue weighted by molar-refractivity contribution is -0.137. The van der Waals surface area contributed by atoms with E-state index in [1.807, 2.05) is 0 Å². The van der Waals surface area contributed by atoms with Gasteiger partial charge in [-0.3, -0.25) is 4.79 Å². The van der Waals surface area contributed by atoms with Gasteiger partial charge in [0.05, 0.1) is 0 Å². The van der Waals surface area contributed by atoms with Crippen molar-refractivity contribution in [2.75, 3.05) is 0 Å². The van der Waals surface area contributed by atoms with Crippen LogP contribution in [0.15, 0.2) is 23.5 Å². The molecule has 0 saturated carbocycles. The molecule has 0 heterocycles. The van der Waals surface area contributed by atoms with Crippen LogP contribution in [0, 0.1) is 5.41 Å². The maximum Gasteiger partial charge on any atom is 0.307 e. The van der Waals surface area contributed by atoms with E-state index in [1.54, 1.807) is 0 Å². The van der Waals surface area contributed by atoms with Gasteiger partial charge in [-0.2, -0.15) is 0 Å². The van der Waals surface area contributed by atoms with Gasteiger partial charge >= 0.3 is 5.97 Å². The third-order valence-electron chi connectivity index (χ3n) is 3.78. The average Bonchev–Trinajstić information content (AvgIpc) is 2.34. The van der Waals surface area contributed by atoms with Crippen LogP contribution in [0.2, 0.25) is 0 Å². The van der Waals surface area contributed by atoms with Gasteiger partial charge in [0.1, 0.15) is 5.76 Å². The van der Waals surface area contributed by atoms with Crippen molar-refractivity contribution in [1.29, 1.82) is 0 Å². The first-order chi connectivity index (χ1) is 8.95. The van der Waals surface area contributed by atoms with Crippen LogP contribution in [0.5, 0.6) is 0 Å². The minimum Gasteiger partial charge on any atom is -0.431 e. The summed E-state index contributed by atoms with van der Waals surface area (Å²) in [5.41, 5.74) is 1.51. The van der Waals surface area contributed by atoms with Gasteiger partial charge in [-0.1, -0.05) is 52.5 Å². The van der Waals surface area contributed by atoms with Crippen molar-refractivity contribution in [3.63, 3.8) is 0 Å². The summed E-state index contributed by atoms with van der Waals surface area (Å²) < 4.78 is 5.24. The van der Waals surface area contributed by atoms with Crippen LogP contribution in [0.4, 0.5) is 0 Å². The van der Waals surface area contributed by atoms with E-state index in [4.69, 9.17) is 4.74 Å². The van der Waals surface area contributed by atoms with E-state index >= 15 is 0 Å². The molecule has 0 aromatic carbocycles. The van der Waals surface area contributed by atoms with Crippen LogP contribution in [-0.4, -0.2) is 5.97 Å². The second kappa shape index (κ2) is 7.52. The summed E-state index contributed by atoms with van der Waals surface area (Å²) in [6.07, 6.45) is 12.6. The molecule has 0 N–H and O–H groups in total. The fourth-order valence-electron chi connectivity index (χ4n) is 2.55. The fraction of sp³-hybridized carbons (Fsp3) is 0.706. The van der Waals surface area contributed by atoms with E-state index in [1.165, 1.54) is 44.6 Å². The van der Waals surface area contributed by atoms with E-state index in [9.17, 15) is 4.79 Å². The normalized spacial score (nSPS) is 15.8. The molecule has 0 radical (unpaired) electrons. The Morgan fingerprint density at radius 1 is 1.32 bits per heavy atom. The summed E-state index contributed by atoms with van der Waals surface area (Å²) in [7, 11) is 0. The predicted molar refractivity (Wildman–Crippen MR) is 79.7 cm³/mol. The van der Waals surface area contributed by atoms with Crippen LogP contribution < -0.4 is 0 Å². The summed E-state index contributed by atoms with van der Waals surface area (Å²) in [5, 5.41) is 0. The highest BCUT2D eigenvalue weighted by Crippen LogP contribution is 2.37. The quantitative estimate of drug-likeness (QED) is 0.469. The van der Waals surface area contributed by atoms with Gasteiger partial charge in [0.25, 0.3) is 0 Å². The third kappa shape index (κ3) is 5.63. The first kappa shape index (κ1) is 16.0. The Morgan fingerprint density at radius 3 is 2.68 bits per heavy atom. The summed E-state index contributed by atoms with van der Waals surface area (Å²) in [6, 6.07) is 0. The molecule has 0 aliphatic heterocycles. The van der Waals surface area contributed by atoms with Crippen molar-refractivity contribution in [3.8, 4) is 0 Å². The molecule has 0 bridgehead atoms. The number of hydrogen-bond acceptors (Lipinski definition) is 2. The van der Waals surface area contributed by atoms with Crippen molar-refractivity contribution in [1.82, 2.24) is 0 Å². The van der Waals surface area contributed by atoms with Crippen LogP contribution in [0.25, 0.3) is 0 Å². The number of carbonyl (C=O) groups is 1. The topological polar surface area (TPSA) is 26.3 Å². The molecule has 0 unspecified atom stereocenters. The minimum absolute atomic E-state index is 0.180. The number of esters is 1. The largest absolute Gasteiger partial charge is 0.431 e. The number of carbonyl (C=O) groups excluding carboxylic acids is 1. The van der Waals surface area contributed by atoms with Crippen LogP contribution in [0.3, 0.4) is 0 Å². The number of hydrogen-bond donors (Lipinski definition) is 0. The number of allylic oxidation sites excluding steroid dienone is 4. The SMILES string of the molecule is CCCCCCC(C)(C)C1=CCCC(OC(C)=O)=C1. The van der Waals surface area contributed by atoms with Gasteiger partial charge in [0.15, 0.2) is 0 Å². The van der Waals surface area contributed by atoms with Gasteiger partial charge in [-0.05, 0) is 29.9 Å². The molecule has 19 heavy (non-hydrogen) atoms. The first-order valence-corrected chi connectivity index (χ1v) is 7.55. The molecule has 1 aliphatic carbocycles. The molecule has 0 atom stereocenters. The molecule has 2 nitrogen and oxygen atoms in total. The zero-order chi connectivity index (χ0) is 14.3. The van der Waals surface area contributed by atoms with Crippen LogP contribution in [0.1, 0.15) is 72.6 Å². The summed E-state index contributed by atoms with van der Waals surface area (Å²) in [4.78, 5) is 11.0. The fourth-order valence-corrected chi connectivity index (χ4v) is 2.55. The lowest BCUT2D eigenvalue weighted by Crippen LogP contribution is -2.16. The van der Waals surface area contributed by atoms with E-state index in [0.717, 1.165) is 18.6 Å². The van der Waals surface area contributed by atoms with Gasteiger partial charge in [-0.25, -0.2) is 0 Å². The highest BCUT2D eigenvalue weighted by Gasteiger charge is 2.23. The molecular weight excluding hydrogens is 236 g/mol. The van der Waals surface area contributed by atoms with Gasteiger partial charge < -0.3 is 4.74 Å². The standard InChI is InChI=1S/C17H28O2/c1-5-6-7-8-12-17(3,4)15-10-9-11-16(13-15)19-14(2)18/h10,13H,5-9,11-12H2,1-4H3. The van der Waals surface area contributed by atoms with Crippen molar-refractivity contribution in [3.05, 3.63) is 23.5 Å². The Balaban J connectivity index is 2.58. The lowest BCUT2D eigenvalue weighted by Gasteiger charge is -2.29. The highest BCUT2D eigenvalue weighted by molar-refractivity contribution is 5.67. The monoisotopic (exact) mass is 264 g/mol. The molecule has 0 aromatic heterocycles. The molecule has 0 amide bonds. The molecule has 2 heteroatoms.